The molecule has 0 bridgehead atoms. The minimum atomic E-state index is -0.705. The number of carbonyl (C=O) groups is 2. The van der Waals surface area contributed by atoms with E-state index in [0.29, 0.717) is 17.9 Å². The van der Waals surface area contributed by atoms with Crippen molar-refractivity contribution in [2.75, 3.05) is 34.1 Å². The van der Waals surface area contributed by atoms with Crippen LogP contribution in [-0.2, 0) is 36.6 Å². The van der Waals surface area contributed by atoms with Crippen molar-refractivity contribution in [2.24, 2.45) is 5.92 Å². The molecule has 2 aromatic rings. The second-order valence-electron chi connectivity index (χ2n) is 10.6. The molecule has 4 aliphatic rings. The maximum atomic E-state index is 13.9. The Bertz CT molecular complexity index is 1330. The monoisotopic (exact) mass is 597 g/mol. The van der Waals surface area contributed by atoms with E-state index in [9.17, 15) is 9.59 Å². The fourth-order valence-electron chi connectivity index (χ4n) is 6.79. The minimum Gasteiger partial charge on any atom is -0.497 e. The number of carbonyl (C=O) groups excluding carboxylic acids is 2. The van der Waals surface area contributed by atoms with Crippen LogP contribution in [0.5, 0.6) is 11.5 Å². The van der Waals surface area contributed by atoms with Gasteiger partial charge in [-0.15, -0.1) is 0 Å². The molecule has 8 nitrogen and oxygen atoms in total. The maximum absolute atomic E-state index is 13.9. The van der Waals surface area contributed by atoms with Gasteiger partial charge in [0.05, 0.1) is 38.0 Å². The van der Waals surface area contributed by atoms with Crippen LogP contribution in [0.1, 0.15) is 41.9 Å². The van der Waals surface area contributed by atoms with E-state index in [1.54, 1.807) is 7.11 Å². The second kappa shape index (κ2) is 10.5. The lowest BCUT2D eigenvalue weighted by Gasteiger charge is -2.39. The van der Waals surface area contributed by atoms with E-state index in [2.05, 4.69) is 39.0 Å². The number of methoxy groups -OCH3 is 2. The molecule has 0 aromatic heterocycles. The summed E-state index contributed by atoms with van der Waals surface area (Å²) in [5.74, 6) is 0.338. The molecule has 0 unspecified atom stereocenters. The van der Waals surface area contributed by atoms with Crippen LogP contribution >= 0.6 is 15.9 Å². The zero-order chi connectivity index (χ0) is 27.1. The number of halogens is 1. The van der Waals surface area contributed by atoms with Crippen LogP contribution in [0.4, 0.5) is 0 Å². The lowest BCUT2D eigenvalue weighted by molar-refractivity contribution is -0.159. The van der Waals surface area contributed by atoms with Gasteiger partial charge < -0.3 is 23.7 Å². The molecule has 2 aromatic carbocycles. The maximum Gasteiger partial charge on any atom is 0.310 e. The van der Waals surface area contributed by atoms with Gasteiger partial charge in [-0.2, -0.15) is 0 Å². The first kappa shape index (κ1) is 26.2. The fourth-order valence-corrected chi connectivity index (χ4v) is 7.23. The quantitative estimate of drug-likeness (QED) is 0.431. The van der Waals surface area contributed by atoms with E-state index < -0.39 is 24.0 Å². The second-order valence-corrected chi connectivity index (χ2v) is 11.5. The van der Waals surface area contributed by atoms with Crippen LogP contribution in [0.25, 0.3) is 0 Å². The highest BCUT2D eigenvalue weighted by Gasteiger charge is 2.58. The Morgan fingerprint density at radius 3 is 2.74 bits per heavy atom. The predicted octanol–water partition coefficient (Wildman–Crippen LogP) is 4.53. The van der Waals surface area contributed by atoms with E-state index in [-0.39, 0.29) is 24.7 Å². The predicted molar refractivity (Wildman–Crippen MR) is 145 cm³/mol. The first-order valence-electron chi connectivity index (χ1n) is 13.4. The van der Waals surface area contributed by atoms with Gasteiger partial charge in [0.2, 0.25) is 6.79 Å². The summed E-state index contributed by atoms with van der Waals surface area (Å²) in [6.07, 6.45) is 4.68. The summed E-state index contributed by atoms with van der Waals surface area (Å²) in [6.45, 7) is 2.06. The highest BCUT2D eigenvalue weighted by molar-refractivity contribution is 9.10. The van der Waals surface area contributed by atoms with Gasteiger partial charge in [0.25, 0.3) is 0 Å². The average molecular weight is 598 g/mol. The van der Waals surface area contributed by atoms with Crippen molar-refractivity contribution >= 4 is 27.9 Å². The van der Waals surface area contributed by atoms with Crippen LogP contribution in [0.3, 0.4) is 0 Å². The molecule has 1 aliphatic carbocycles. The summed E-state index contributed by atoms with van der Waals surface area (Å²) in [5, 5.41) is 0. The van der Waals surface area contributed by atoms with Crippen molar-refractivity contribution in [2.45, 2.75) is 49.7 Å². The van der Waals surface area contributed by atoms with Gasteiger partial charge in [-0.1, -0.05) is 28.1 Å². The number of hydrogen-bond acceptors (Lipinski definition) is 8. The molecule has 9 heteroatoms. The van der Waals surface area contributed by atoms with E-state index in [4.69, 9.17) is 23.7 Å². The molecule has 39 heavy (non-hydrogen) atoms. The Morgan fingerprint density at radius 2 is 1.97 bits per heavy atom. The molecular weight excluding hydrogens is 566 g/mol. The van der Waals surface area contributed by atoms with Crippen molar-refractivity contribution in [3.8, 4) is 11.5 Å². The lowest BCUT2D eigenvalue weighted by atomic mass is 9.77. The molecule has 1 fully saturated rings. The summed E-state index contributed by atoms with van der Waals surface area (Å²) in [4.78, 5) is 28.7. The van der Waals surface area contributed by atoms with E-state index >= 15 is 0 Å². The SMILES string of the molecule is COC(=O)C[C@H](Cc1cccc(Br)c1)C(=O)O[C@@H]1C(OC)=C[C@]23CCCN2CCc2cc4c(cc2[C@H]13)OCO4. The Labute approximate surface area is 236 Å². The van der Waals surface area contributed by atoms with E-state index in [0.717, 1.165) is 53.7 Å². The molecule has 3 heterocycles. The first-order valence-corrected chi connectivity index (χ1v) is 14.2. The molecule has 0 N–H and O–H groups in total. The van der Waals surface area contributed by atoms with Crippen molar-refractivity contribution in [3.63, 3.8) is 0 Å². The van der Waals surface area contributed by atoms with Gasteiger partial charge in [0.15, 0.2) is 17.6 Å². The van der Waals surface area contributed by atoms with Crippen LogP contribution in [0.15, 0.2) is 52.7 Å². The fraction of sp³-hybridized carbons (Fsp3) is 0.467. The standard InChI is InChI=1S/C30H32BrNO7/c1-35-25-16-30-8-4-9-32(30)10-7-19-13-23-24(38-17-37-23)15-22(19)27(30)28(25)39-29(34)20(14-26(33)36-2)11-18-5-3-6-21(31)12-18/h3,5-6,12-13,15-16,20,27-28H,4,7-11,14,17H2,1-2H3/t20-,27+,28+,30-/m0/s1. The third kappa shape index (κ3) is 4.69. The normalized spacial score (nSPS) is 25.6. The summed E-state index contributed by atoms with van der Waals surface area (Å²) in [5.41, 5.74) is 2.87. The molecule has 3 aliphatic heterocycles. The molecule has 0 radical (unpaired) electrons. The Kier molecular flexibility index (Phi) is 7.05. The Morgan fingerprint density at radius 1 is 1.15 bits per heavy atom. The molecule has 206 valence electrons. The van der Waals surface area contributed by atoms with Crippen molar-refractivity contribution < 1.29 is 33.3 Å². The van der Waals surface area contributed by atoms with Crippen molar-refractivity contribution in [1.82, 2.24) is 4.90 Å². The number of nitrogens with zero attached hydrogens (tertiary/aromatic N) is 1. The number of esters is 2. The zero-order valence-corrected chi connectivity index (χ0v) is 23.7. The van der Waals surface area contributed by atoms with Gasteiger partial charge >= 0.3 is 11.9 Å². The highest BCUT2D eigenvalue weighted by Crippen LogP contribution is 2.55. The minimum absolute atomic E-state index is 0.0716. The summed E-state index contributed by atoms with van der Waals surface area (Å²) >= 11 is 3.49. The molecule has 4 atom stereocenters. The summed E-state index contributed by atoms with van der Waals surface area (Å²) in [7, 11) is 2.96. The number of fused-ring (bicyclic) bond motifs is 3. The van der Waals surface area contributed by atoms with Crippen molar-refractivity contribution in [1.29, 1.82) is 0 Å². The van der Waals surface area contributed by atoms with Crippen LogP contribution in [0, 0.1) is 5.92 Å². The van der Waals surface area contributed by atoms with Crippen LogP contribution in [-0.4, -0.2) is 62.6 Å². The van der Waals surface area contributed by atoms with E-state index in [1.807, 2.05) is 24.3 Å². The molecular formula is C30H32BrNO7. The van der Waals surface area contributed by atoms with Gasteiger partial charge in [0.1, 0.15) is 5.76 Å². The van der Waals surface area contributed by atoms with Gasteiger partial charge in [-0.05, 0) is 79.3 Å². The van der Waals surface area contributed by atoms with Gasteiger partial charge in [-0.25, -0.2) is 0 Å². The van der Waals surface area contributed by atoms with Crippen LogP contribution < -0.4 is 9.47 Å². The topological polar surface area (TPSA) is 83.5 Å². The number of ether oxygens (including phenoxy) is 5. The van der Waals surface area contributed by atoms with Gasteiger partial charge in [0, 0.05) is 11.0 Å². The molecule has 0 amide bonds. The first-order chi connectivity index (χ1) is 18.9. The summed E-state index contributed by atoms with van der Waals surface area (Å²) in [6, 6.07) is 11.9. The number of rotatable bonds is 7. The zero-order valence-electron chi connectivity index (χ0n) is 22.1. The largest absolute Gasteiger partial charge is 0.497 e. The number of hydrogen-bond donors (Lipinski definition) is 0. The molecule has 6 rings (SSSR count). The third-order valence-electron chi connectivity index (χ3n) is 8.55. The molecule has 1 spiro atoms. The molecule has 1 saturated heterocycles. The third-order valence-corrected chi connectivity index (χ3v) is 9.05. The Hall–Kier alpha value is -3.04. The number of benzene rings is 2. The Balaban J connectivity index is 1.36. The van der Waals surface area contributed by atoms with Crippen molar-refractivity contribution in [3.05, 3.63) is 69.4 Å². The smallest absolute Gasteiger partial charge is 0.310 e. The highest BCUT2D eigenvalue weighted by atomic mass is 79.9. The van der Waals surface area contributed by atoms with Gasteiger partial charge in [-0.3, -0.25) is 14.5 Å². The van der Waals surface area contributed by atoms with E-state index in [1.165, 1.54) is 12.7 Å². The average Bonchev–Trinajstić information content (AvgIpc) is 3.61. The van der Waals surface area contributed by atoms with Crippen LogP contribution in [0.2, 0.25) is 0 Å². The lowest BCUT2D eigenvalue weighted by Crippen LogP contribution is -2.47. The summed E-state index contributed by atoms with van der Waals surface area (Å²) < 4.78 is 29.5. The molecule has 0 saturated carbocycles.